The van der Waals surface area contributed by atoms with Crippen LogP contribution < -0.4 is 5.32 Å². The molecule has 20 heavy (non-hydrogen) atoms. The fourth-order valence-electron chi connectivity index (χ4n) is 2.67. The Labute approximate surface area is 122 Å². The predicted molar refractivity (Wildman–Crippen MR) is 81.1 cm³/mol. The monoisotopic (exact) mass is 296 g/mol. The van der Waals surface area contributed by atoms with E-state index >= 15 is 0 Å². The van der Waals surface area contributed by atoms with Crippen molar-refractivity contribution >= 4 is 10.0 Å². The van der Waals surface area contributed by atoms with Gasteiger partial charge in [-0.2, -0.15) is 4.31 Å². The van der Waals surface area contributed by atoms with E-state index in [4.69, 9.17) is 0 Å². The Morgan fingerprint density at radius 1 is 1.30 bits per heavy atom. The van der Waals surface area contributed by atoms with Gasteiger partial charge in [-0.3, -0.25) is 0 Å². The van der Waals surface area contributed by atoms with E-state index in [9.17, 15) is 8.42 Å². The minimum Gasteiger partial charge on any atom is -0.316 e. The molecule has 4 nitrogen and oxygen atoms in total. The molecule has 1 heterocycles. The third-order valence-electron chi connectivity index (χ3n) is 3.71. The molecular formula is C15H24N2O2S. The Morgan fingerprint density at radius 2 is 2.05 bits per heavy atom. The highest BCUT2D eigenvalue weighted by Crippen LogP contribution is 2.19. The van der Waals surface area contributed by atoms with Crippen LogP contribution in [0.4, 0.5) is 0 Å². The van der Waals surface area contributed by atoms with Crippen molar-refractivity contribution in [2.75, 3.05) is 26.2 Å². The number of rotatable bonds is 6. The van der Waals surface area contributed by atoms with Crippen LogP contribution in [0.5, 0.6) is 0 Å². The second-order valence-corrected chi connectivity index (χ2v) is 7.33. The van der Waals surface area contributed by atoms with Crippen molar-refractivity contribution in [3.05, 3.63) is 30.3 Å². The van der Waals surface area contributed by atoms with Gasteiger partial charge >= 0.3 is 0 Å². The average Bonchev–Trinajstić information content (AvgIpc) is 2.49. The molecule has 1 saturated heterocycles. The van der Waals surface area contributed by atoms with Crippen molar-refractivity contribution in [2.24, 2.45) is 5.92 Å². The van der Waals surface area contributed by atoms with Crippen LogP contribution in [0.3, 0.4) is 0 Å². The fraction of sp³-hybridized carbons (Fsp3) is 0.600. The highest BCUT2D eigenvalue weighted by atomic mass is 32.2. The Kier molecular flexibility index (Phi) is 5.57. The SMILES string of the molecule is CCCN(CC1CCCNC1)S(=O)(=O)c1ccccc1. The maximum atomic E-state index is 12.7. The molecule has 1 atom stereocenters. The standard InChI is InChI=1S/C15H24N2O2S/c1-2-11-17(13-14-7-6-10-16-12-14)20(18,19)15-8-4-3-5-9-15/h3-5,8-9,14,16H,2,6-7,10-13H2,1H3. The maximum Gasteiger partial charge on any atom is 0.243 e. The van der Waals surface area contributed by atoms with Crippen molar-refractivity contribution in [3.63, 3.8) is 0 Å². The molecule has 0 aromatic heterocycles. The zero-order valence-corrected chi connectivity index (χ0v) is 12.9. The van der Waals surface area contributed by atoms with E-state index in [-0.39, 0.29) is 0 Å². The predicted octanol–water partition coefficient (Wildman–Crippen LogP) is 2.09. The molecule has 0 spiro atoms. The summed E-state index contributed by atoms with van der Waals surface area (Å²) in [6.45, 7) is 5.21. The maximum absolute atomic E-state index is 12.7. The molecule has 0 amide bonds. The molecule has 1 aliphatic rings. The number of sulfonamides is 1. The van der Waals surface area contributed by atoms with Gasteiger partial charge in [0, 0.05) is 13.1 Å². The first-order valence-corrected chi connectivity index (χ1v) is 8.84. The molecule has 1 aromatic carbocycles. The quantitative estimate of drug-likeness (QED) is 0.874. The largest absolute Gasteiger partial charge is 0.316 e. The van der Waals surface area contributed by atoms with Gasteiger partial charge in [-0.25, -0.2) is 8.42 Å². The third-order valence-corrected chi connectivity index (χ3v) is 5.59. The van der Waals surface area contributed by atoms with Gasteiger partial charge in [-0.1, -0.05) is 25.1 Å². The highest BCUT2D eigenvalue weighted by molar-refractivity contribution is 7.89. The lowest BCUT2D eigenvalue weighted by Gasteiger charge is -2.29. The molecule has 1 fully saturated rings. The summed E-state index contributed by atoms with van der Waals surface area (Å²) in [4.78, 5) is 0.400. The summed E-state index contributed by atoms with van der Waals surface area (Å²) in [5.41, 5.74) is 0. The normalized spacial score (nSPS) is 20.2. The Hall–Kier alpha value is -0.910. The summed E-state index contributed by atoms with van der Waals surface area (Å²) < 4.78 is 27.1. The van der Waals surface area contributed by atoms with Crippen LogP contribution >= 0.6 is 0 Å². The van der Waals surface area contributed by atoms with E-state index in [0.29, 0.717) is 23.9 Å². The van der Waals surface area contributed by atoms with E-state index in [1.54, 1.807) is 28.6 Å². The molecule has 112 valence electrons. The lowest BCUT2D eigenvalue weighted by Crippen LogP contribution is -2.41. The lowest BCUT2D eigenvalue weighted by molar-refractivity contribution is 0.291. The number of nitrogens with zero attached hydrogens (tertiary/aromatic N) is 1. The van der Waals surface area contributed by atoms with Crippen molar-refractivity contribution in [2.45, 2.75) is 31.1 Å². The van der Waals surface area contributed by atoms with Crippen LogP contribution in [-0.2, 0) is 10.0 Å². The van der Waals surface area contributed by atoms with Gasteiger partial charge in [-0.05, 0) is 50.4 Å². The van der Waals surface area contributed by atoms with Crippen molar-refractivity contribution in [3.8, 4) is 0 Å². The summed E-state index contributed by atoms with van der Waals surface area (Å²) in [5.74, 6) is 0.425. The van der Waals surface area contributed by atoms with E-state index in [1.165, 1.54) is 0 Å². The Morgan fingerprint density at radius 3 is 2.65 bits per heavy atom. The molecule has 1 aromatic rings. The van der Waals surface area contributed by atoms with Crippen LogP contribution in [0.25, 0.3) is 0 Å². The third kappa shape index (κ3) is 3.81. The van der Waals surface area contributed by atoms with Crippen LogP contribution in [0.1, 0.15) is 26.2 Å². The molecule has 1 aliphatic heterocycles. The molecule has 0 bridgehead atoms. The number of piperidine rings is 1. The number of benzene rings is 1. The van der Waals surface area contributed by atoms with Crippen molar-refractivity contribution in [1.82, 2.24) is 9.62 Å². The molecule has 0 saturated carbocycles. The smallest absolute Gasteiger partial charge is 0.243 e. The molecule has 0 radical (unpaired) electrons. The van der Waals surface area contributed by atoms with Crippen molar-refractivity contribution in [1.29, 1.82) is 0 Å². The average molecular weight is 296 g/mol. The van der Waals surface area contributed by atoms with Gasteiger partial charge in [0.15, 0.2) is 0 Å². The number of hydrogen-bond acceptors (Lipinski definition) is 3. The summed E-state index contributed by atoms with van der Waals surface area (Å²) in [6.07, 6.45) is 3.08. The molecule has 2 rings (SSSR count). The van der Waals surface area contributed by atoms with Gasteiger partial charge in [0.05, 0.1) is 4.90 Å². The van der Waals surface area contributed by atoms with Crippen LogP contribution in [0.15, 0.2) is 35.2 Å². The van der Waals surface area contributed by atoms with Gasteiger partial charge in [0.25, 0.3) is 0 Å². The summed E-state index contributed by atoms with van der Waals surface area (Å²) in [7, 11) is -3.36. The summed E-state index contributed by atoms with van der Waals surface area (Å²) in [6, 6.07) is 8.75. The zero-order valence-electron chi connectivity index (χ0n) is 12.1. The first kappa shape index (κ1) is 15.5. The molecular weight excluding hydrogens is 272 g/mol. The second-order valence-electron chi connectivity index (χ2n) is 5.39. The summed E-state index contributed by atoms with van der Waals surface area (Å²) >= 11 is 0. The number of nitrogens with one attached hydrogen (secondary N) is 1. The first-order chi connectivity index (χ1) is 9.64. The summed E-state index contributed by atoms with van der Waals surface area (Å²) in [5, 5.41) is 3.35. The topological polar surface area (TPSA) is 49.4 Å². The van der Waals surface area contributed by atoms with Gasteiger partial charge in [0.2, 0.25) is 10.0 Å². The number of hydrogen-bond donors (Lipinski definition) is 1. The van der Waals surface area contributed by atoms with Crippen LogP contribution in [-0.4, -0.2) is 38.9 Å². The van der Waals surface area contributed by atoms with Crippen LogP contribution in [0.2, 0.25) is 0 Å². The van der Waals surface area contributed by atoms with E-state index < -0.39 is 10.0 Å². The molecule has 1 N–H and O–H groups in total. The molecule has 1 unspecified atom stereocenters. The minimum atomic E-state index is -3.36. The molecule has 5 heteroatoms. The first-order valence-electron chi connectivity index (χ1n) is 7.40. The van der Waals surface area contributed by atoms with Gasteiger partial charge in [0.1, 0.15) is 0 Å². The van der Waals surface area contributed by atoms with E-state index in [1.807, 2.05) is 13.0 Å². The Balaban J connectivity index is 2.14. The van der Waals surface area contributed by atoms with E-state index in [0.717, 1.165) is 32.4 Å². The Bertz CT molecular complexity index is 496. The fourth-order valence-corrected chi connectivity index (χ4v) is 4.30. The minimum absolute atomic E-state index is 0.400. The lowest BCUT2D eigenvalue weighted by atomic mass is 10.00. The zero-order chi connectivity index (χ0) is 14.4. The van der Waals surface area contributed by atoms with Gasteiger partial charge in [-0.15, -0.1) is 0 Å². The second kappa shape index (κ2) is 7.20. The molecule has 0 aliphatic carbocycles. The van der Waals surface area contributed by atoms with E-state index in [2.05, 4.69) is 5.32 Å². The van der Waals surface area contributed by atoms with Crippen LogP contribution in [0, 0.1) is 5.92 Å². The highest BCUT2D eigenvalue weighted by Gasteiger charge is 2.26. The van der Waals surface area contributed by atoms with Gasteiger partial charge < -0.3 is 5.32 Å². The van der Waals surface area contributed by atoms with Crippen molar-refractivity contribution < 1.29 is 8.42 Å².